The minimum atomic E-state index is 0.501. The minimum absolute atomic E-state index is 0.501. The van der Waals surface area contributed by atoms with Gasteiger partial charge in [0.2, 0.25) is 0 Å². The van der Waals surface area contributed by atoms with Gasteiger partial charge in [-0.3, -0.25) is 0 Å². The first-order valence-corrected chi connectivity index (χ1v) is 7.36. The van der Waals surface area contributed by atoms with Gasteiger partial charge in [-0.2, -0.15) is 0 Å². The number of halogens is 1. The van der Waals surface area contributed by atoms with Crippen molar-refractivity contribution in [3.63, 3.8) is 0 Å². The molecule has 2 unspecified atom stereocenters. The van der Waals surface area contributed by atoms with E-state index >= 15 is 0 Å². The predicted octanol–water partition coefficient (Wildman–Crippen LogP) is 3.89. The van der Waals surface area contributed by atoms with Crippen LogP contribution in [0.2, 0.25) is 5.15 Å². The van der Waals surface area contributed by atoms with Gasteiger partial charge in [-0.25, -0.2) is 9.97 Å². The molecule has 0 N–H and O–H groups in total. The Morgan fingerprint density at radius 2 is 1.70 bits per heavy atom. The van der Waals surface area contributed by atoms with Gasteiger partial charge in [-0.15, -0.1) is 0 Å². The third-order valence-electron chi connectivity index (χ3n) is 4.03. The fourth-order valence-electron chi connectivity index (χ4n) is 2.60. The van der Waals surface area contributed by atoms with Gasteiger partial charge in [-0.05, 0) is 11.8 Å². The van der Waals surface area contributed by atoms with Crippen LogP contribution in [0.3, 0.4) is 0 Å². The summed E-state index contributed by atoms with van der Waals surface area (Å²) in [5, 5.41) is 0.501. The van der Waals surface area contributed by atoms with Crippen LogP contribution >= 0.6 is 11.6 Å². The number of hydrogen-bond donors (Lipinski definition) is 0. The van der Waals surface area contributed by atoms with Crippen LogP contribution in [0.5, 0.6) is 0 Å². The number of rotatable bonds is 2. The van der Waals surface area contributed by atoms with E-state index < -0.39 is 0 Å². The van der Waals surface area contributed by atoms with Gasteiger partial charge in [-0.1, -0.05) is 55.8 Å². The van der Waals surface area contributed by atoms with Crippen LogP contribution in [0.25, 0.3) is 11.4 Å². The minimum Gasteiger partial charge on any atom is -0.356 e. The molecule has 1 aromatic carbocycles. The van der Waals surface area contributed by atoms with Gasteiger partial charge >= 0.3 is 0 Å². The molecule has 0 amide bonds. The third-order valence-corrected chi connectivity index (χ3v) is 4.22. The average molecular weight is 288 g/mol. The van der Waals surface area contributed by atoms with Crippen molar-refractivity contribution in [2.45, 2.75) is 13.8 Å². The topological polar surface area (TPSA) is 29.0 Å². The predicted molar refractivity (Wildman–Crippen MR) is 83.0 cm³/mol. The van der Waals surface area contributed by atoms with Crippen LogP contribution in [0.4, 0.5) is 5.82 Å². The highest BCUT2D eigenvalue weighted by Gasteiger charge is 2.27. The summed E-state index contributed by atoms with van der Waals surface area (Å²) < 4.78 is 0. The Kier molecular flexibility index (Phi) is 3.62. The standard InChI is InChI=1S/C16H18ClN3/c1-11-9-20(10-12(11)2)15-8-14(17)18-16(19-15)13-6-4-3-5-7-13/h3-8,11-12H,9-10H2,1-2H3. The molecule has 3 rings (SSSR count). The number of nitrogens with zero attached hydrogens (tertiary/aromatic N) is 3. The lowest BCUT2D eigenvalue weighted by molar-refractivity contribution is 0.494. The summed E-state index contributed by atoms with van der Waals surface area (Å²) >= 11 is 6.17. The Morgan fingerprint density at radius 1 is 1.05 bits per heavy atom. The zero-order valence-corrected chi connectivity index (χ0v) is 12.5. The largest absolute Gasteiger partial charge is 0.356 e. The van der Waals surface area contributed by atoms with Crippen LogP contribution in [0.1, 0.15) is 13.8 Å². The molecule has 1 aliphatic rings. The second-order valence-corrected chi connectivity index (χ2v) is 5.99. The molecule has 3 nitrogen and oxygen atoms in total. The Balaban J connectivity index is 1.96. The van der Waals surface area contributed by atoms with Crippen molar-refractivity contribution in [1.82, 2.24) is 9.97 Å². The van der Waals surface area contributed by atoms with Crippen LogP contribution in [-0.4, -0.2) is 23.1 Å². The maximum absolute atomic E-state index is 6.17. The van der Waals surface area contributed by atoms with Crippen molar-refractivity contribution in [2.24, 2.45) is 11.8 Å². The SMILES string of the molecule is CC1CN(c2cc(Cl)nc(-c3ccccc3)n2)CC1C. The lowest BCUT2D eigenvalue weighted by Gasteiger charge is -2.18. The fourth-order valence-corrected chi connectivity index (χ4v) is 2.78. The van der Waals surface area contributed by atoms with E-state index in [1.54, 1.807) is 0 Å². The molecule has 20 heavy (non-hydrogen) atoms. The lowest BCUT2D eigenvalue weighted by Crippen LogP contribution is -2.21. The van der Waals surface area contributed by atoms with Gasteiger partial charge < -0.3 is 4.90 Å². The molecule has 0 saturated carbocycles. The van der Waals surface area contributed by atoms with E-state index in [0.717, 1.165) is 24.5 Å². The van der Waals surface area contributed by atoms with Crippen molar-refractivity contribution in [1.29, 1.82) is 0 Å². The van der Waals surface area contributed by atoms with Crippen molar-refractivity contribution < 1.29 is 0 Å². The van der Waals surface area contributed by atoms with E-state index in [0.29, 0.717) is 22.8 Å². The zero-order chi connectivity index (χ0) is 14.1. The molecule has 0 bridgehead atoms. The second-order valence-electron chi connectivity index (χ2n) is 5.60. The van der Waals surface area contributed by atoms with Gasteiger partial charge in [0.1, 0.15) is 11.0 Å². The molecule has 0 radical (unpaired) electrons. The molecule has 1 aromatic heterocycles. The highest BCUT2D eigenvalue weighted by molar-refractivity contribution is 6.29. The smallest absolute Gasteiger partial charge is 0.163 e. The maximum Gasteiger partial charge on any atom is 0.163 e. The molecule has 1 saturated heterocycles. The number of anilines is 1. The summed E-state index contributed by atoms with van der Waals surface area (Å²) in [6, 6.07) is 11.8. The first-order valence-electron chi connectivity index (χ1n) is 6.98. The Labute approximate surface area is 124 Å². The van der Waals surface area contributed by atoms with Crippen molar-refractivity contribution in [2.75, 3.05) is 18.0 Å². The summed E-state index contributed by atoms with van der Waals surface area (Å²) in [4.78, 5) is 11.3. The van der Waals surface area contributed by atoms with E-state index in [1.807, 2.05) is 36.4 Å². The van der Waals surface area contributed by atoms with E-state index in [1.165, 1.54) is 0 Å². The Morgan fingerprint density at radius 3 is 2.35 bits per heavy atom. The highest BCUT2D eigenvalue weighted by Crippen LogP contribution is 2.29. The molecule has 2 heterocycles. The van der Waals surface area contributed by atoms with Crippen LogP contribution < -0.4 is 4.90 Å². The lowest BCUT2D eigenvalue weighted by atomic mass is 10.0. The van der Waals surface area contributed by atoms with Crippen LogP contribution in [0, 0.1) is 11.8 Å². The van der Waals surface area contributed by atoms with E-state index in [2.05, 4.69) is 28.7 Å². The number of benzene rings is 1. The van der Waals surface area contributed by atoms with Gasteiger partial charge in [0.25, 0.3) is 0 Å². The van der Waals surface area contributed by atoms with E-state index in [-0.39, 0.29) is 0 Å². The molecule has 0 spiro atoms. The molecule has 1 aliphatic heterocycles. The maximum atomic E-state index is 6.17. The summed E-state index contributed by atoms with van der Waals surface area (Å²) in [6.07, 6.45) is 0. The monoisotopic (exact) mass is 287 g/mol. The summed E-state index contributed by atoms with van der Waals surface area (Å²) in [5.41, 5.74) is 0.997. The van der Waals surface area contributed by atoms with Crippen LogP contribution in [-0.2, 0) is 0 Å². The molecule has 2 atom stereocenters. The summed E-state index contributed by atoms with van der Waals surface area (Å²) in [6.45, 7) is 6.63. The Hall–Kier alpha value is -1.61. The summed E-state index contributed by atoms with van der Waals surface area (Å²) in [7, 11) is 0. The first-order chi connectivity index (χ1) is 9.63. The molecule has 1 fully saturated rings. The molecular formula is C16H18ClN3. The van der Waals surface area contributed by atoms with Crippen LogP contribution in [0.15, 0.2) is 36.4 Å². The third kappa shape index (κ3) is 2.63. The van der Waals surface area contributed by atoms with Crippen molar-refractivity contribution >= 4 is 17.4 Å². The van der Waals surface area contributed by atoms with Crippen molar-refractivity contribution in [3.05, 3.63) is 41.6 Å². The molecular weight excluding hydrogens is 270 g/mol. The fraction of sp³-hybridized carbons (Fsp3) is 0.375. The number of aromatic nitrogens is 2. The average Bonchev–Trinajstić information content (AvgIpc) is 2.79. The molecule has 104 valence electrons. The zero-order valence-electron chi connectivity index (χ0n) is 11.8. The first kappa shape index (κ1) is 13.4. The van der Waals surface area contributed by atoms with E-state index in [4.69, 9.17) is 11.6 Å². The summed E-state index contributed by atoms with van der Waals surface area (Å²) in [5.74, 6) is 2.99. The van der Waals surface area contributed by atoms with E-state index in [9.17, 15) is 0 Å². The molecule has 2 aromatic rings. The highest BCUT2D eigenvalue weighted by atomic mass is 35.5. The van der Waals surface area contributed by atoms with Gasteiger partial charge in [0.05, 0.1) is 0 Å². The molecule has 4 heteroatoms. The molecule has 0 aliphatic carbocycles. The normalized spacial score (nSPS) is 22.2. The quantitative estimate of drug-likeness (QED) is 0.785. The second kappa shape index (κ2) is 5.41. The Bertz CT molecular complexity index is 590. The van der Waals surface area contributed by atoms with Gasteiger partial charge in [0.15, 0.2) is 5.82 Å². The van der Waals surface area contributed by atoms with Gasteiger partial charge in [0, 0.05) is 24.7 Å². The number of hydrogen-bond acceptors (Lipinski definition) is 3. The van der Waals surface area contributed by atoms with Crippen molar-refractivity contribution in [3.8, 4) is 11.4 Å².